The lowest BCUT2D eigenvalue weighted by atomic mass is 10.1. The van der Waals surface area contributed by atoms with Gasteiger partial charge in [-0.1, -0.05) is 18.2 Å². The van der Waals surface area contributed by atoms with Crippen LogP contribution in [0.5, 0.6) is 0 Å². The molecular weight excluding hydrogens is 286 g/mol. The lowest BCUT2D eigenvalue weighted by Gasteiger charge is -2.10. The summed E-state index contributed by atoms with van der Waals surface area (Å²) in [6, 6.07) is 13.9. The topological polar surface area (TPSA) is 96.0 Å². The minimum absolute atomic E-state index is 0.289. The van der Waals surface area contributed by atoms with Crippen molar-refractivity contribution in [2.24, 2.45) is 0 Å². The van der Waals surface area contributed by atoms with E-state index in [1.807, 2.05) is 6.07 Å². The Balaban J connectivity index is 2.13. The molecule has 0 aliphatic carbocycles. The largest absolute Gasteiger partial charge is 0.396 e. The van der Waals surface area contributed by atoms with Gasteiger partial charge in [0.2, 0.25) is 0 Å². The zero-order chi connectivity index (χ0) is 15.5. The van der Waals surface area contributed by atoms with Crippen molar-refractivity contribution in [3.63, 3.8) is 0 Å². The molecule has 0 unspecified atom stereocenters. The molecule has 0 aliphatic heterocycles. The molecule has 0 saturated carbocycles. The Hall–Kier alpha value is -2.52. The molecule has 0 aliphatic rings. The third kappa shape index (κ3) is 3.52. The van der Waals surface area contributed by atoms with E-state index in [2.05, 4.69) is 5.32 Å². The maximum absolute atomic E-state index is 11.4. The predicted molar refractivity (Wildman–Crippen MR) is 82.4 cm³/mol. The van der Waals surface area contributed by atoms with E-state index in [4.69, 9.17) is 11.0 Å². The third-order valence-corrected chi connectivity index (χ3v) is 4.19. The van der Waals surface area contributed by atoms with Gasteiger partial charge in [0.1, 0.15) is 6.07 Å². The number of anilines is 2. The van der Waals surface area contributed by atoms with Crippen LogP contribution >= 0.6 is 0 Å². The quantitative estimate of drug-likeness (QED) is 0.844. The number of nitriles is 1. The highest BCUT2D eigenvalue weighted by molar-refractivity contribution is 7.90. The molecule has 0 aromatic heterocycles. The van der Waals surface area contributed by atoms with E-state index in [-0.39, 0.29) is 4.90 Å². The van der Waals surface area contributed by atoms with E-state index in [0.717, 1.165) is 5.56 Å². The van der Waals surface area contributed by atoms with Crippen molar-refractivity contribution in [3.05, 3.63) is 53.6 Å². The highest BCUT2D eigenvalue weighted by atomic mass is 32.2. The molecule has 2 rings (SSSR count). The molecule has 5 nitrogen and oxygen atoms in total. The molecule has 3 N–H and O–H groups in total. The molecule has 0 amide bonds. The van der Waals surface area contributed by atoms with Crippen LogP contribution < -0.4 is 11.1 Å². The summed E-state index contributed by atoms with van der Waals surface area (Å²) in [5.41, 5.74) is 8.31. The van der Waals surface area contributed by atoms with Gasteiger partial charge in [-0.15, -0.1) is 0 Å². The Morgan fingerprint density at radius 2 is 1.86 bits per heavy atom. The van der Waals surface area contributed by atoms with Gasteiger partial charge in [0.05, 0.1) is 21.8 Å². The number of rotatable bonds is 4. The van der Waals surface area contributed by atoms with Crippen LogP contribution in [-0.2, 0) is 16.4 Å². The predicted octanol–water partition coefficient (Wildman–Crippen LogP) is 2.16. The van der Waals surface area contributed by atoms with Gasteiger partial charge in [0.15, 0.2) is 9.84 Å². The fourth-order valence-corrected chi connectivity index (χ4v) is 2.50. The van der Waals surface area contributed by atoms with Crippen LogP contribution in [0.4, 0.5) is 11.4 Å². The summed E-state index contributed by atoms with van der Waals surface area (Å²) >= 11 is 0. The van der Waals surface area contributed by atoms with Gasteiger partial charge in [-0.05, 0) is 29.8 Å². The van der Waals surface area contributed by atoms with Crippen LogP contribution in [0.2, 0.25) is 0 Å². The van der Waals surface area contributed by atoms with E-state index < -0.39 is 9.84 Å². The molecule has 0 spiro atoms. The number of hydrogen-bond donors (Lipinski definition) is 2. The Kier molecular flexibility index (Phi) is 4.15. The standard InChI is InChI=1S/C15H15N3O2S/c1-21(19,20)13-7-5-11(6-8-13)10-18-14-4-2-3-12(9-16)15(14)17/h2-8,18H,10,17H2,1H3. The molecule has 108 valence electrons. The van der Waals surface area contributed by atoms with Crippen molar-refractivity contribution in [2.75, 3.05) is 17.3 Å². The van der Waals surface area contributed by atoms with Gasteiger partial charge in [-0.2, -0.15) is 5.26 Å². The first-order valence-electron chi connectivity index (χ1n) is 6.23. The van der Waals surface area contributed by atoms with Gasteiger partial charge in [0, 0.05) is 12.8 Å². The third-order valence-electron chi connectivity index (χ3n) is 3.06. The second-order valence-electron chi connectivity index (χ2n) is 4.65. The van der Waals surface area contributed by atoms with Crippen molar-refractivity contribution < 1.29 is 8.42 Å². The summed E-state index contributed by atoms with van der Waals surface area (Å²) < 4.78 is 22.8. The summed E-state index contributed by atoms with van der Waals surface area (Å²) in [6.07, 6.45) is 1.17. The van der Waals surface area contributed by atoms with Crippen LogP contribution in [0.3, 0.4) is 0 Å². The molecule has 2 aromatic carbocycles. The van der Waals surface area contributed by atoms with Crippen LogP contribution in [0.25, 0.3) is 0 Å². The Morgan fingerprint density at radius 3 is 2.43 bits per heavy atom. The first-order valence-corrected chi connectivity index (χ1v) is 8.12. The summed E-state index contributed by atoms with van der Waals surface area (Å²) in [4.78, 5) is 0.289. The number of para-hydroxylation sites is 1. The minimum Gasteiger partial charge on any atom is -0.396 e. The molecular formula is C15H15N3O2S. The maximum atomic E-state index is 11.4. The SMILES string of the molecule is CS(=O)(=O)c1ccc(CNc2cccc(C#N)c2N)cc1. The minimum atomic E-state index is -3.18. The summed E-state index contributed by atoms with van der Waals surface area (Å²) in [5.74, 6) is 0. The highest BCUT2D eigenvalue weighted by Crippen LogP contribution is 2.22. The van der Waals surface area contributed by atoms with Crippen LogP contribution in [-0.4, -0.2) is 14.7 Å². The Labute approximate surface area is 123 Å². The fourth-order valence-electron chi connectivity index (χ4n) is 1.87. The average Bonchev–Trinajstić information content (AvgIpc) is 2.46. The number of sulfone groups is 1. The highest BCUT2D eigenvalue weighted by Gasteiger charge is 2.07. The normalized spacial score (nSPS) is 10.9. The first-order chi connectivity index (χ1) is 9.91. The molecule has 0 atom stereocenters. The molecule has 6 heteroatoms. The zero-order valence-corrected chi connectivity index (χ0v) is 12.3. The van der Waals surface area contributed by atoms with Gasteiger partial charge in [-0.3, -0.25) is 0 Å². The Bertz CT molecular complexity index is 791. The molecule has 0 radical (unpaired) electrons. The van der Waals surface area contributed by atoms with Crippen LogP contribution in [0.15, 0.2) is 47.4 Å². The number of hydrogen-bond acceptors (Lipinski definition) is 5. The number of nitrogens with two attached hydrogens (primary N) is 1. The molecule has 0 saturated heterocycles. The molecule has 0 bridgehead atoms. The molecule has 21 heavy (non-hydrogen) atoms. The van der Waals surface area contributed by atoms with Crippen molar-refractivity contribution in [1.29, 1.82) is 5.26 Å². The second-order valence-corrected chi connectivity index (χ2v) is 6.66. The summed E-state index contributed by atoms with van der Waals surface area (Å²) in [7, 11) is -3.18. The second kappa shape index (κ2) is 5.85. The number of nitrogen functional groups attached to an aromatic ring is 1. The van der Waals surface area contributed by atoms with Gasteiger partial charge >= 0.3 is 0 Å². The Morgan fingerprint density at radius 1 is 1.19 bits per heavy atom. The van der Waals surface area contributed by atoms with E-state index >= 15 is 0 Å². The van der Waals surface area contributed by atoms with E-state index in [9.17, 15) is 8.42 Å². The lowest BCUT2D eigenvalue weighted by molar-refractivity contribution is 0.602. The molecule has 0 heterocycles. The molecule has 2 aromatic rings. The number of nitrogens with one attached hydrogen (secondary N) is 1. The van der Waals surface area contributed by atoms with Crippen LogP contribution in [0.1, 0.15) is 11.1 Å². The van der Waals surface area contributed by atoms with Crippen LogP contribution in [0, 0.1) is 11.3 Å². The van der Waals surface area contributed by atoms with Crippen molar-refractivity contribution in [2.45, 2.75) is 11.4 Å². The summed E-state index contributed by atoms with van der Waals surface area (Å²) in [5, 5.41) is 12.1. The van der Waals surface area contributed by atoms with E-state index in [0.29, 0.717) is 23.5 Å². The number of benzene rings is 2. The zero-order valence-electron chi connectivity index (χ0n) is 11.5. The van der Waals surface area contributed by atoms with Crippen molar-refractivity contribution in [1.82, 2.24) is 0 Å². The van der Waals surface area contributed by atoms with Gasteiger partial charge < -0.3 is 11.1 Å². The average molecular weight is 301 g/mol. The monoisotopic (exact) mass is 301 g/mol. The summed E-state index contributed by atoms with van der Waals surface area (Å²) in [6.45, 7) is 0.489. The van der Waals surface area contributed by atoms with Crippen molar-refractivity contribution >= 4 is 21.2 Å². The maximum Gasteiger partial charge on any atom is 0.175 e. The van der Waals surface area contributed by atoms with Crippen molar-refractivity contribution in [3.8, 4) is 6.07 Å². The van der Waals surface area contributed by atoms with Gasteiger partial charge in [0.25, 0.3) is 0 Å². The molecule has 0 fully saturated rings. The fraction of sp³-hybridized carbons (Fsp3) is 0.133. The van der Waals surface area contributed by atoms with E-state index in [1.165, 1.54) is 6.26 Å². The smallest absolute Gasteiger partial charge is 0.175 e. The van der Waals surface area contributed by atoms with E-state index in [1.54, 1.807) is 42.5 Å². The number of nitrogens with zero attached hydrogens (tertiary/aromatic N) is 1. The van der Waals surface area contributed by atoms with Gasteiger partial charge in [-0.25, -0.2) is 8.42 Å². The first kappa shape index (κ1) is 14.9. The lowest BCUT2D eigenvalue weighted by Crippen LogP contribution is -2.04.